The summed E-state index contributed by atoms with van der Waals surface area (Å²) < 4.78 is 25.4. The van der Waals surface area contributed by atoms with Crippen LogP contribution < -0.4 is 14.8 Å². The van der Waals surface area contributed by atoms with Gasteiger partial charge in [0.2, 0.25) is 0 Å². The smallest absolute Gasteiger partial charge is 0.293 e. The summed E-state index contributed by atoms with van der Waals surface area (Å²) in [5, 5.41) is 2.86. The zero-order valence-electron chi connectivity index (χ0n) is 20.9. The summed E-state index contributed by atoms with van der Waals surface area (Å²) in [6.07, 6.45) is 1.50. The molecular weight excluding hydrogens is 566 g/mol. The van der Waals surface area contributed by atoms with Gasteiger partial charge in [-0.15, -0.1) is 0 Å². The first-order valence-corrected chi connectivity index (χ1v) is 13.4. The van der Waals surface area contributed by atoms with E-state index in [-0.39, 0.29) is 46.7 Å². The lowest BCUT2D eigenvalue weighted by molar-refractivity contribution is -0.123. The molecule has 4 rings (SSSR count). The molecule has 0 aliphatic carbocycles. The minimum atomic E-state index is -0.546. The Bertz CT molecular complexity index is 1480. The second kappa shape index (κ2) is 12.5. The number of benzene rings is 3. The van der Waals surface area contributed by atoms with Gasteiger partial charge in [-0.3, -0.25) is 19.3 Å². The zero-order chi connectivity index (χ0) is 28.1. The molecule has 202 valence electrons. The topological polar surface area (TPSA) is 84.9 Å². The van der Waals surface area contributed by atoms with Crippen LogP contribution in [0.5, 0.6) is 11.5 Å². The molecule has 1 aliphatic rings. The SMILES string of the molecule is CCOc1cc(/C=C2\SC(=O)N(Cc3ccccc3F)C2=O)cc(Cl)c1OCC(=O)Nc1ccc(C)c(Cl)c1. The number of hydrogen-bond donors (Lipinski definition) is 1. The third kappa shape index (κ3) is 6.92. The number of nitrogens with zero attached hydrogens (tertiary/aromatic N) is 1. The lowest BCUT2D eigenvalue weighted by Gasteiger charge is -2.15. The van der Waals surface area contributed by atoms with E-state index in [1.165, 1.54) is 30.3 Å². The van der Waals surface area contributed by atoms with E-state index in [0.29, 0.717) is 16.3 Å². The molecule has 0 unspecified atom stereocenters. The van der Waals surface area contributed by atoms with E-state index in [0.717, 1.165) is 22.2 Å². The van der Waals surface area contributed by atoms with Crippen LogP contribution in [0.25, 0.3) is 6.08 Å². The number of aryl methyl sites for hydroxylation is 1. The molecule has 0 atom stereocenters. The number of imide groups is 1. The average Bonchev–Trinajstić information content (AvgIpc) is 3.14. The van der Waals surface area contributed by atoms with Crippen molar-refractivity contribution in [2.75, 3.05) is 18.5 Å². The number of rotatable bonds is 9. The summed E-state index contributed by atoms with van der Waals surface area (Å²) in [6, 6.07) is 14.2. The standard InChI is InChI=1S/C28H23Cl2FN2O5S/c1-3-37-23-11-17(12-24-27(35)33(28(36)39-24)14-18-6-4-5-7-22(18)31)10-21(30)26(23)38-15-25(34)32-19-9-8-16(2)20(29)13-19/h4-13H,3,14-15H2,1-2H3,(H,32,34)/b24-12-. The molecule has 0 bridgehead atoms. The second-order valence-electron chi connectivity index (χ2n) is 8.42. The van der Waals surface area contributed by atoms with Crippen molar-refractivity contribution in [3.05, 3.63) is 92.1 Å². The first kappa shape index (κ1) is 28.5. The molecule has 1 aliphatic heterocycles. The van der Waals surface area contributed by atoms with Crippen LogP contribution in [0.4, 0.5) is 14.9 Å². The second-order valence-corrected chi connectivity index (χ2v) is 10.2. The zero-order valence-corrected chi connectivity index (χ0v) is 23.3. The van der Waals surface area contributed by atoms with Crippen molar-refractivity contribution < 1.29 is 28.2 Å². The van der Waals surface area contributed by atoms with Gasteiger partial charge in [0.1, 0.15) is 5.82 Å². The Morgan fingerprint density at radius 1 is 1.08 bits per heavy atom. The highest BCUT2D eigenvalue weighted by Gasteiger charge is 2.35. The van der Waals surface area contributed by atoms with Crippen molar-refractivity contribution in [3.63, 3.8) is 0 Å². The Labute approximate surface area is 238 Å². The van der Waals surface area contributed by atoms with Gasteiger partial charge in [0.25, 0.3) is 17.1 Å². The Balaban J connectivity index is 1.49. The molecule has 7 nitrogen and oxygen atoms in total. The lowest BCUT2D eigenvalue weighted by atomic mass is 10.1. The van der Waals surface area contributed by atoms with Gasteiger partial charge in [-0.1, -0.05) is 47.5 Å². The van der Waals surface area contributed by atoms with Crippen LogP contribution in [0.1, 0.15) is 23.6 Å². The van der Waals surface area contributed by atoms with Crippen LogP contribution in [0.2, 0.25) is 10.0 Å². The molecular formula is C28H23Cl2FN2O5S. The van der Waals surface area contributed by atoms with Crippen molar-refractivity contribution in [2.45, 2.75) is 20.4 Å². The van der Waals surface area contributed by atoms with Crippen molar-refractivity contribution in [1.29, 1.82) is 0 Å². The predicted molar refractivity (Wildman–Crippen MR) is 151 cm³/mol. The van der Waals surface area contributed by atoms with Crippen molar-refractivity contribution in [2.24, 2.45) is 0 Å². The van der Waals surface area contributed by atoms with Crippen LogP contribution in [0.3, 0.4) is 0 Å². The van der Waals surface area contributed by atoms with Crippen molar-refractivity contribution in [3.8, 4) is 11.5 Å². The maximum absolute atomic E-state index is 14.1. The fourth-order valence-electron chi connectivity index (χ4n) is 3.66. The first-order valence-electron chi connectivity index (χ1n) is 11.8. The number of halogens is 3. The third-order valence-electron chi connectivity index (χ3n) is 5.59. The fourth-order valence-corrected chi connectivity index (χ4v) is 4.96. The van der Waals surface area contributed by atoms with E-state index in [1.54, 1.807) is 37.3 Å². The van der Waals surface area contributed by atoms with E-state index in [1.807, 2.05) is 6.92 Å². The highest BCUT2D eigenvalue weighted by atomic mass is 35.5. The summed E-state index contributed by atoms with van der Waals surface area (Å²) >= 11 is 13.3. The van der Waals surface area contributed by atoms with E-state index in [9.17, 15) is 18.8 Å². The highest BCUT2D eigenvalue weighted by Crippen LogP contribution is 2.39. The Morgan fingerprint density at radius 2 is 1.85 bits per heavy atom. The number of carbonyl (C=O) groups excluding carboxylic acids is 3. The van der Waals surface area contributed by atoms with Crippen LogP contribution in [-0.2, 0) is 16.1 Å². The fraction of sp³-hybridized carbons (Fsp3) is 0.179. The maximum atomic E-state index is 14.1. The predicted octanol–water partition coefficient (Wildman–Crippen LogP) is 7.09. The summed E-state index contributed by atoms with van der Waals surface area (Å²) in [4.78, 5) is 39.0. The number of nitrogens with one attached hydrogen (secondary N) is 1. The number of thioether (sulfide) groups is 1. The Morgan fingerprint density at radius 3 is 2.56 bits per heavy atom. The highest BCUT2D eigenvalue weighted by molar-refractivity contribution is 8.18. The van der Waals surface area contributed by atoms with Gasteiger partial charge in [0, 0.05) is 16.3 Å². The maximum Gasteiger partial charge on any atom is 0.293 e. The van der Waals surface area contributed by atoms with E-state index in [2.05, 4.69) is 5.32 Å². The summed E-state index contributed by atoms with van der Waals surface area (Å²) in [7, 11) is 0. The molecule has 3 aromatic rings. The van der Waals surface area contributed by atoms with Crippen LogP contribution >= 0.6 is 35.0 Å². The molecule has 0 radical (unpaired) electrons. The minimum absolute atomic E-state index is 0.143. The number of ether oxygens (including phenoxy) is 2. The van der Waals surface area contributed by atoms with E-state index in [4.69, 9.17) is 32.7 Å². The number of carbonyl (C=O) groups is 3. The Kier molecular flexibility index (Phi) is 9.16. The monoisotopic (exact) mass is 588 g/mol. The molecule has 1 saturated heterocycles. The van der Waals surface area contributed by atoms with Crippen molar-refractivity contribution >= 4 is 63.8 Å². The van der Waals surface area contributed by atoms with E-state index < -0.39 is 22.9 Å². The molecule has 11 heteroatoms. The molecule has 39 heavy (non-hydrogen) atoms. The lowest BCUT2D eigenvalue weighted by Crippen LogP contribution is -2.27. The summed E-state index contributed by atoms with van der Waals surface area (Å²) in [5.41, 5.74) is 2.12. The quantitative estimate of drug-likeness (QED) is 0.268. The van der Waals surface area contributed by atoms with Gasteiger partial charge >= 0.3 is 0 Å². The summed E-state index contributed by atoms with van der Waals surface area (Å²) in [5.74, 6) is -1.06. The van der Waals surface area contributed by atoms with E-state index >= 15 is 0 Å². The Hall–Kier alpha value is -3.53. The third-order valence-corrected chi connectivity index (χ3v) is 7.19. The van der Waals surface area contributed by atoms with Gasteiger partial charge in [-0.2, -0.15) is 0 Å². The number of anilines is 1. The molecule has 1 heterocycles. The molecule has 1 N–H and O–H groups in total. The van der Waals surface area contributed by atoms with Gasteiger partial charge in [-0.25, -0.2) is 4.39 Å². The molecule has 1 fully saturated rings. The van der Waals surface area contributed by atoms with Crippen LogP contribution in [0.15, 0.2) is 59.5 Å². The average molecular weight is 589 g/mol. The number of hydrogen-bond acceptors (Lipinski definition) is 6. The van der Waals surface area contributed by atoms with Crippen LogP contribution in [0, 0.1) is 12.7 Å². The van der Waals surface area contributed by atoms with Gasteiger partial charge < -0.3 is 14.8 Å². The number of amides is 3. The van der Waals surface area contributed by atoms with Gasteiger partial charge in [-0.05, 0) is 73.1 Å². The molecule has 3 amide bonds. The van der Waals surface area contributed by atoms with Crippen molar-refractivity contribution in [1.82, 2.24) is 4.90 Å². The van der Waals surface area contributed by atoms with Crippen LogP contribution in [-0.4, -0.2) is 35.2 Å². The summed E-state index contributed by atoms with van der Waals surface area (Å²) in [6.45, 7) is 3.38. The largest absolute Gasteiger partial charge is 0.490 e. The molecule has 0 spiro atoms. The minimum Gasteiger partial charge on any atom is -0.490 e. The molecule has 3 aromatic carbocycles. The first-order chi connectivity index (χ1) is 18.7. The van der Waals surface area contributed by atoms with Gasteiger partial charge in [0.05, 0.1) is 23.1 Å². The molecule has 0 saturated carbocycles. The normalized spacial score (nSPS) is 14.2. The van der Waals surface area contributed by atoms with Gasteiger partial charge in [0.15, 0.2) is 18.1 Å². The molecule has 0 aromatic heterocycles.